The van der Waals surface area contributed by atoms with Crippen LogP contribution >= 0.6 is 15.9 Å². The number of hydrogen-bond acceptors (Lipinski definition) is 7. The Kier molecular flexibility index (Phi) is 6.10. The van der Waals surface area contributed by atoms with Crippen molar-refractivity contribution in [2.75, 3.05) is 24.4 Å². The van der Waals surface area contributed by atoms with Crippen molar-refractivity contribution in [3.05, 3.63) is 34.9 Å². The summed E-state index contributed by atoms with van der Waals surface area (Å²) >= 11 is 3.39. The van der Waals surface area contributed by atoms with Crippen LogP contribution in [0.4, 0.5) is 17.5 Å². The summed E-state index contributed by atoms with van der Waals surface area (Å²) in [5.41, 5.74) is 0.639. The molecule has 0 aliphatic heterocycles. The number of halogens is 1. The van der Waals surface area contributed by atoms with E-state index in [1.807, 2.05) is 6.92 Å². The van der Waals surface area contributed by atoms with E-state index in [4.69, 9.17) is 9.88 Å². The SMILES string of the molecule is COC[C@H](C)Nc1nc(Nc2ccc(S(N)(=O)=O)cc2)ncc1Br. The van der Waals surface area contributed by atoms with Gasteiger partial charge in [-0.1, -0.05) is 0 Å². The number of benzene rings is 1. The standard InChI is InChI=1S/C14H18BrN5O3S/c1-9(8-23-2)18-13-12(15)7-17-14(20-13)19-10-3-5-11(6-4-10)24(16,21)22/h3-7,9H,8H2,1-2H3,(H2,16,21,22)(H2,17,18,19,20)/t9-/m0/s1. The molecule has 24 heavy (non-hydrogen) atoms. The van der Waals surface area contributed by atoms with Gasteiger partial charge in [0.2, 0.25) is 16.0 Å². The Morgan fingerprint density at radius 2 is 2.00 bits per heavy atom. The van der Waals surface area contributed by atoms with Crippen LogP contribution in [0.3, 0.4) is 0 Å². The van der Waals surface area contributed by atoms with Crippen molar-refractivity contribution in [1.29, 1.82) is 0 Å². The van der Waals surface area contributed by atoms with Gasteiger partial charge >= 0.3 is 0 Å². The van der Waals surface area contributed by atoms with Gasteiger partial charge in [0, 0.05) is 25.0 Å². The van der Waals surface area contributed by atoms with Crippen LogP contribution in [0.2, 0.25) is 0 Å². The Bertz CT molecular complexity index is 799. The maximum absolute atomic E-state index is 11.2. The first kappa shape index (κ1) is 18.6. The first-order chi connectivity index (χ1) is 11.3. The van der Waals surface area contributed by atoms with Crippen LogP contribution in [0.5, 0.6) is 0 Å². The molecule has 0 aliphatic rings. The first-order valence-electron chi connectivity index (χ1n) is 6.97. The van der Waals surface area contributed by atoms with E-state index in [1.165, 1.54) is 12.1 Å². The third kappa shape index (κ3) is 5.13. The largest absolute Gasteiger partial charge is 0.383 e. The smallest absolute Gasteiger partial charge is 0.238 e. The number of nitrogens with two attached hydrogens (primary N) is 1. The number of primary sulfonamides is 1. The quantitative estimate of drug-likeness (QED) is 0.632. The molecule has 4 N–H and O–H groups in total. The fraction of sp³-hybridized carbons (Fsp3) is 0.286. The summed E-state index contributed by atoms with van der Waals surface area (Å²) in [6.45, 7) is 2.51. The molecule has 0 fully saturated rings. The lowest BCUT2D eigenvalue weighted by Crippen LogP contribution is -2.22. The van der Waals surface area contributed by atoms with Gasteiger partial charge in [-0.2, -0.15) is 4.98 Å². The van der Waals surface area contributed by atoms with Crippen molar-refractivity contribution in [3.8, 4) is 0 Å². The van der Waals surface area contributed by atoms with Gasteiger partial charge < -0.3 is 15.4 Å². The Hall–Kier alpha value is -1.75. The number of hydrogen-bond donors (Lipinski definition) is 3. The van der Waals surface area contributed by atoms with Gasteiger partial charge in [-0.25, -0.2) is 18.5 Å². The summed E-state index contributed by atoms with van der Waals surface area (Å²) in [5, 5.41) is 11.3. The minimum atomic E-state index is -3.71. The molecule has 0 radical (unpaired) electrons. The van der Waals surface area contributed by atoms with Crippen molar-refractivity contribution < 1.29 is 13.2 Å². The number of nitrogens with zero attached hydrogens (tertiary/aromatic N) is 2. The molecule has 2 aromatic rings. The van der Waals surface area contributed by atoms with Gasteiger partial charge in [-0.05, 0) is 47.1 Å². The fourth-order valence-corrected chi connectivity index (χ4v) is 2.73. The molecule has 0 saturated heterocycles. The monoisotopic (exact) mass is 415 g/mol. The molecule has 0 saturated carbocycles. The topological polar surface area (TPSA) is 119 Å². The molecule has 1 aromatic heterocycles. The number of rotatable bonds is 7. The highest BCUT2D eigenvalue weighted by Crippen LogP contribution is 2.23. The minimum absolute atomic E-state index is 0.0421. The van der Waals surface area contributed by atoms with Crippen LogP contribution in [-0.4, -0.2) is 38.1 Å². The number of nitrogens with one attached hydrogen (secondary N) is 2. The van der Waals surface area contributed by atoms with Crippen LogP contribution in [0.25, 0.3) is 0 Å². The van der Waals surface area contributed by atoms with E-state index in [-0.39, 0.29) is 10.9 Å². The maximum Gasteiger partial charge on any atom is 0.238 e. The predicted octanol–water partition coefficient (Wildman–Crippen LogP) is 2.08. The number of methoxy groups -OCH3 is 1. The summed E-state index contributed by atoms with van der Waals surface area (Å²) < 4.78 is 28.3. The Labute approximate surface area is 149 Å². The molecule has 0 bridgehead atoms. The molecule has 2 rings (SSSR count). The molecular formula is C14H18BrN5O3S. The molecule has 0 spiro atoms. The lowest BCUT2D eigenvalue weighted by molar-refractivity contribution is 0.190. The highest BCUT2D eigenvalue weighted by atomic mass is 79.9. The number of anilines is 3. The Morgan fingerprint density at radius 3 is 2.58 bits per heavy atom. The fourth-order valence-electron chi connectivity index (χ4n) is 1.91. The van der Waals surface area contributed by atoms with Gasteiger partial charge in [0.1, 0.15) is 5.82 Å². The molecule has 1 atom stereocenters. The van der Waals surface area contributed by atoms with Crippen LogP contribution in [0.15, 0.2) is 39.8 Å². The number of ether oxygens (including phenoxy) is 1. The minimum Gasteiger partial charge on any atom is -0.383 e. The number of aromatic nitrogens is 2. The van der Waals surface area contributed by atoms with E-state index >= 15 is 0 Å². The molecule has 0 unspecified atom stereocenters. The summed E-state index contributed by atoms with van der Waals surface area (Å²) in [7, 11) is -2.08. The zero-order valence-electron chi connectivity index (χ0n) is 13.2. The Morgan fingerprint density at radius 1 is 1.33 bits per heavy atom. The van der Waals surface area contributed by atoms with Gasteiger partial charge in [-0.3, -0.25) is 0 Å². The average Bonchev–Trinajstić information content (AvgIpc) is 2.50. The summed E-state index contributed by atoms with van der Waals surface area (Å²) in [6, 6.07) is 6.08. The number of sulfonamides is 1. The molecule has 1 heterocycles. The second-order valence-corrected chi connectivity index (χ2v) is 7.50. The van der Waals surface area contributed by atoms with Crippen molar-refractivity contribution in [2.45, 2.75) is 17.9 Å². The molecule has 130 valence electrons. The third-order valence-electron chi connectivity index (χ3n) is 2.98. The Balaban J connectivity index is 2.15. The molecular weight excluding hydrogens is 398 g/mol. The molecule has 0 amide bonds. The van der Waals surface area contributed by atoms with E-state index < -0.39 is 10.0 Å². The average molecular weight is 416 g/mol. The molecule has 1 aromatic carbocycles. The van der Waals surface area contributed by atoms with Crippen LogP contribution in [-0.2, 0) is 14.8 Å². The van der Waals surface area contributed by atoms with Gasteiger partial charge in [0.05, 0.1) is 16.0 Å². The maximum atomic E-state index is 11.2. The van der Waals surface area contributed by atoms with Gasteiger partial charge in [-0.15, -0.1) is 0 Å². The van der Waals surface area contributed by atoms with E-state index in [0.29, 0.717) is 24.1 Å². The van der Waals surface area contributed by atoms with E-state index in [0.717, 1.165) is 4.47 Å². The summed E-state index contributed by atoms with van der Waals surface area (Å²) in [6.07, 6.45) is 1.62. The van der Waals surface area contributed by atoms with Crippen molar-refractivity contribution in [3.63, 3.8) is 0 Å². The molecule has 10 heteroatoms. The van der Waals surface area contributed by atoms with E-state index in [9.17, 15) is 8.42 Å². The normalized spacial score (nSPS) is 12.7. The zero-order valence-corrected chi connectivity index (χ0v) is 15.6. The summed E-state index contributed by atoms with van der Waals surface area (Å²) in [4.78, 5) is 8.60. The first-order valence-corrected chi connectivity index (χ1v) is 9.31. The molecule has 0 aliphatic carbocycles. The second-order valence-electron chi connectivity index (χ2n) is 5.09. The highest BCUT2D eigenvalue weighted by molar-refractivity contribution is 9.10. The van der Waals surface area contributed by atoms with Gasteiger partial charge in [0.15, 0.2) is 0 Å². The predicted molar refractivity (Wildman–Crippen MR) is 95.8 cm³/mol. The van der Waals surface area contributed by atoms with Crippen LogP contribution < -0.4 is 15.8 Å². The van der Waals surface area contributed by atoms with E-state index in [2.05, 4.69) is 36.5 Å². The van der Waals surface area contributed by atoms with E-state index in [1.54, 1.807) is 25.4 Å². The summed E-state index contributed by atoms with van der Waals surface area (Å²) in [5.74, 6) is 0.992. The third-order valence-corrected chi connectivity index (χ3v) is 4.49. The highest BCUT2D eigenvalue weighted by Gasteiger charge is 2.10. The zero-order chi connectivity index (χ0) is 17.7. The lowest BCUT2D eigenvalue weighted by Gasteiger charge is -2.15. The molecule has 8 nitrogen and oxygen atoms in total. The van der Waals surface area contributed by atoms with Crippen LogP contribution in [0, 0.1) is 0 Å². The lowest BCUT2D eigenvalue weighted by atomic mass is 10.3. The second kappa shape index (κ2) is 7.88. The van der Waals surface area contributed by atoms with Crippen molar-refractivity contribution >= 4 is 43.4 Å². The van der Waals surface area contributed by atoms with Crippen LogP contribution in [0.1, 0.15) is 6.92 Å². The van der Waals surface area contributed by atoms with Crippen molar-refractivity contribution in [1.82, 2.24) is 9.97 Å². The van der Waals surface area contributed by atoms with Gasteiger partial charge in [0.25, 0.3) is 0 Å². The van der Waals surface area contributed by atoms with Crippen molar-refractivity contribution in [2.24, 2.45) is 5.14 Å².